The van der Waals surface area contributed by atoms with Gasteiger partial charge in [0.2, 0.25) is 0 Å². The van der Waals surface area contributed by atoms with Gasteiger partial charge in [-0.05, 0) is 24.1 Å². The summed E-state index contributed by atoms with van der Waals surface area (Å²) in [5.74, 6) is 1.56. The molecule has 2 N–H and O–H groups in total. The molecule has 4 aromatic rings. The van der Waals surface area contributed by atoms with Crippen molar-refractivity contribution in [3.63, 3.8) is 0 Å². The molecule has 0 amide bonds. The van der Waals surface area contributed by atoms with Gasteiger partial charge < -0.3 is 14.5 Å². The van der Waals surface area contributed by atoms with E-state index in [2.05, 4.69) is 20.2 Å². The molecule has 0 aliphatic heterocycles. The predicted octanol–water partition coefficient (Wildman–Crippen LogP) is 3.85. The number of Topliss-reactive ketones (excluding diaryl/α,β-unsaturated/α-hetero) is 1. The van der Waals surface area contributed by atoms with E-state index in [1.165, 1.54) is 12.1 Å². The maximum Gasteiger partial charge on any atom is 0.163 e. The Hall–Kier alpha value is -3.68. The van der Waals surface area contributed by atoms with Crippen molar-refractivity contribution in [2.45, 2.75) is 19.3 Å². The van der Waals surface area contributed by atoms with E-state index in [4.69, 9.17) is 9.47 Å². The molecule has 2 heterocycles. The quantitative estimate of drug-likeness (QED) is 0.462. The fraction of sp³-hybridized carbons (Fsp3) is 0.227. The fourth-order valence-electron chi connectivity index (χ4n) is 3.34. The molecule has 0 bridgehead atoms. The molecule has 30 heavy (non-hydrogen) atoms. The maximum atomic E-state index is 13.0. The number of ether oxygens (including phenoxy) is 2. The van der Waals surface area contributed by atoms with Crippen molar-refractivity contribution in [2.75, 3.05) is 14.2 Å². The molecule has 0 atom stereocenters. The minimum Gasteiger partial charge on any atom is -0.493 e. The summed E-state index contributed by atoms with van der Waals surface area (Å²) >= 11 is 0. The molecule has 0 radical (unpaired) electrons. The van der Waals surface area contributed by atoms with Crippen LogP contribution in [0.3, 0.4) is 0 Å². The molecular weight excluding hydrogens is 387 g/mol. The molecule has 0 unspecified atom stereocenters. The SMILES string of the molecule is COc1cc2nc(-c3[nH]ncc3CC(=O)CCc3ccc(F)cc3)[nH]c2cc1OC. The second-order valence-corrected chi connectivity index (χ2v) is 6.92. The Morgan fingerprint density at radius 3 is 2.57 bits per heavy atom. The van der Waals surface area contributed by atoms with Gasteiger partial charge in [-0.1, -0.05) is 12.1 Å². The Morgan fingerprint density at radius 1 is 1.10 bits per heavy atom. The summed E-state index contributed by atoms with van der Waals surface area (Å²) in [4.78, 5) is 20.3. The summed E-state index contributed by atoms with van der Waals surface area (Å²) < 4.78 is 23.7. The summed E-state index contributed by atoms with van der Waals surface area (Å²) in [7, 11) is 3.15. The standard InChI is InChI=1S/C22H21FN4O3/c1-29-19-10-17-18(11-20(19)30-2)26-22(25-17)21-14(12-24-27-21)9-16(28)8-5-13-3-6-15(23)7-4-13/h3-4,6-7,10-12H,5,8-9H2,1-2H3,(H,24,27)(H,25,26). The van der Waals surface area contributed by atoms with Crippen LogP contribution < -0.4 is 9.47 Å². The number of fused-ring (bicyclic) bond motifs is 1. The maximum absolute atomic E-state index is 13.0. The molecule has 0 aliphatic rings. The molecule has 0 spiro atoms. The molecule has 2 aromatic heterocycles. The van der Waals surface area contributed by atoms with Crippen LogP contribution in [0.1, 0.15) is 17.5 Å². The average molecular weight is 408 g/mol. The van der Waals surface area contributed by atoms with Crippen LogP contribution in [0.4, 0.5) is 4.39 Å². The van der Waals surface area contributed by atoms with E-state index in [9.17, 15) is 9.18 Å². The summed E-state index contributed by atoms with van der Waals surface area (Å²) in [6.07, 6.45) is 2.80. The molecule has 4 rings (SSSR count). The van der Waals surface area contributed by atoms with Crippen molar-refractivity contribution in [1.82, 2.24) is 20.2 Å². The highest BCUT2D eigenvalue weighted by Crippen LogP contribution is 2.32. The first kappa shape index (κ1) is 19.6. The largest absolute Gasteiger partial charge is 0.493 e. The van der Waals surface area contributed by atoms with Crippen molar-refractivity contribution < 1.29 is 18.7 Å². The monoisotopic (exact) mass is 408 g/mol. The molecule has 0 aliphatic carbocycles. The highest BCUT2D eigenvalue weighted by molar-refractivity contribution is 5.85. The van der Waals surface area contributed by atoms with Gasteiger partial charge in [-0.2, -0.15) is 5.10 Å². The van der Waals surface area contributed by atoms with Crippen LogP contribution in [0.15, 0.2) is 42.6 Å². The Morgan fingerprint density at radius 2 is 1.83 bits per heavy atom. The third kappa shape index (κ3) is 4.03. The zero-order valence-corrected chi connectivity index (χ0v) is 16.7. The minimum atomic E-state index is -0.283. The number of methoxy groups -OCH3 is 2. The summed E-state index contributed by atoms with van der Waals surface area (Å²) in [5.41, 5.74) is 3.85. The normalized spacial score (nSPS) is 11.0. The number of halogens is 1. The zero-order chi connectivity index (χ0) is 21.1. The Balaban J connectivity index is 1.51. The third-order valence-corrected chi connectivity index (χ3v) is 4.94. The number of nitrogens with zero attached hydrogens (tertiary/aromatic N) is 2. The van der Waals surface area contributed by atoms with Gasteiger partial charge in [-0.15, -0.1) is 0 Å². The van der Waals surface area contributed by atoms with Gasteiger partial charge >= 0.3 is 0 Å². The predicted molar refractivity (Wildman–Crippen MR) is 110 cm³/mol. The van der Waals surface area contributed by atoms with Crippen molar-refractivity contribution in [3.8, 4) is 23.0 Å². The second-order valence-electron chi connectivity index (χ2n) is 6.92. The number of nitrogens with one attached hydrogen (secondary N) is 2. The number of hydrogen-bond acceptors (Lipinski definition) is 5. The third-order valence-electron chi connectivity index (χ3n) is 4.94. The van der Waals surface area contributed by atoms with Crippen molar-refractivity contribution in [1.29, 1.82) is 0 Å². The first-order valence-electron chi connectivity index (χ1n) is 9.48. The molecular formula is C22H21FN4O3. The van der Waals surface area contributed by atoms with Gasteiger partial charge in [0.1, 0.15) is 17.3 Å². The number of aryl methyl sites for hydroxylation is 1. The molecule has 2 aromatic carbocycles. The number of imidazole rings is 1. The molecule has 8 heteroatoms. The topological polar surface area (TPSA) is 92.9 Å². The van der Waals surface area contributed by atoms with E-state index in [0.717, 1.165) is 16.6 Å². The number of rotatable bonds is 8. The number of aromatic amines is 2. The van der Waals surface area contributed by atoms with Crippen LogP contribution in [-0.4, -0.2) is 40.2 Å². The van der Waals surface area contributed by atoms with Crippen LogP contribution in [0, 0.1) is 5.82 Å². The van der Waals surface area contributed by atoms with Crippen LogP contribution in [-0.2, 0) is 17.6 Å². The van der Waals surface area contributed by atoms with Crippen molar-refractivity contribution in [2.24, 2.45) is 0 Å². The lowest BCUT2D eigenvalue weighted by Crippen LogP contribution is -2.05. The molecule has 0 saturated carbocycles. The summed E-state index contributed by atoms with van der Waals surface area (Å²) in [6.45, 7) is 0. The van der Waals surface area contributed by atoms with E-state index in [-0.39, 0.29) is 18.0 Å². The van der Waals surface area contributed by atoms with E-state index in [0.29, 0.717) is 41.4 Å². The fourth-order valence-corrected chi connectivity index (χ4v) is 3.34. The first-order chi connectivity index (χ1) is 14.6. The zero-order valence-electron chi connectivity index (χ0n) is 16.7. The van der Waals surface area contributed by atoms with E-state index in [1.807, 2.05) is 6.07 Å². The van der Waals surface area contributed by atoms with E-state index in [1.54, 1.807) is 38.6 Å². The van der Waals surface area contributed by atoms with Crippen LogP contribution in [0.2, 0.25) is 0 Å². The number of carbonyl (C=O) groups excluding carboxylic acids is 1. The summed E-state index contributed by atoms with van der Waals surface area (Å²) in [5, 5.41) is 7.01. The lowest BCUT2D eigenvalue weighted by atomic mass is 10.0. The number of carbonyl (C=O) groups is 1. The van der Waals surface area contributed by atoms with Gasteiger partial charge in [-0.25, -0.2) is 9.37 Å². The van der Waals surface area contributed by atoms with Crippen molar-refractivity contribution in [3.05, 3.63) is 59.5 Å². The molecule has 7 nitrogen and oxygen atoms in total. The highest BCUT2D eigenvalue weighted by atomic mass is 19.1. The van der Waals surface area contributed by atoms with Crippen molar-refractivity contribution >= 4 is 16.8 Å². The number of aromatic nitrogens is 4. The Kier molecular flexibility index (Phi) is 5.47. The average Bonchev–Trinajstić information content (AvgIpc) is 3.38. The summed E-state index contributed by atoms with van der Waals surface area (Å²) in [6, 6.07) is 9.80. The number of ketones is 1. The van der Waals surface area contributed by atoms with Gasteiger partial charge in [0.15, 0.2) is 17.3 Å². The van der Waals surface area contributed by atoms with Gasteiger partial charge in [0, 0.05) is 30.5 Å². The van der Waals surface area contributed by atoms with Crippen LogP contribution in [0.25, 0.3) is 22.6 Å². The first-order valence-corrected chi connectivity index (χ1v) is 9.48. The second kappa shape index (κ2) is 8.36. The molecule has 0 saturated heterocycles. The number of H-pyrrole nitrogens is 2. The van der Waals surface area contributed by atoms with Gasteiger partial charge in [0.05, 0.1) is 31.4 Å². The van der Waals surface area contributed by atoms with Crippen LogP contribution >= 0.6 is 0 Å². The lowest BCUT2D eigenvalue weighted by molar-refractivity contribution is -0.118. The molecule has 154 valence electrons. The van der Waals surface area contributed by atoms with Gasteiger partial charge in [0.25, 0.3) is 0 Å². The molecule has 0 fully saturated rings. The smallest absolute Gasteiger partial charge is 0.163 e. The number of benzene rings is 2. The van der Waals surface area contributed by atoms with Gasteiger partial charge in [-0.3, -0.25) is 9.89 Å². The Labute approximate surface area is 172 Å². The number of hydrogen-bond donors (Lipinski definition) is 2. The lowest BCUT2D eigenvalue weighted by Gasteiger charge is -2.06. The Bertz CT molecular complexity index is 1140. The minimum absolute atomic E-state index is 0.0708. The van der Waals surface area contributed by atoms with E-state index >= 15 is 0 Å². The van der Waals surface area contributed by atoms with Crippen LogP contribution in [0.5, 0.6) is 11.5 Å². The highest BCUT2D eigenvalue weighted by Gasteiger charge is 2.17. The van der Waals surface area contributed by atoms with E-state index < -0.39 is 0 Å².